The van der Waals surface area contributed by atoms with Crippen LogP contribution in [0.2, 0.25) is 0 Å². The first-order chi connectivity index (χ1) is 11.8. The molecule has 2 rings (SSSR count). The van der Waals surface area contributed by atoms with Gasteiger partial charge in [0.15, 0.2) is 0 Å². The molecule has 8 heteroatoms. The first-order valence-corrected chi connectivity index (χ1v) is 10.4. The molecule has 0 bridgehead atoms. The number of nitro groups is 1. The summed E-state index contributed by atoms with van der Waals surface area (Å²) in [5.74, 6) is 3.98. The van der Waals surface area contributed by atoms with Gasteiger partial charge in [-0.05, 0) is 12.1 Å². The van der Waals surface area contributed by atoms with E-state index < -0.39 is 0 Å². The van der Waals surface area contributed by atoms with E-state index >= 15 is 0 Å². The summed E-state index contributed by atoms with van der Waals surface area (Å²) >= 11 is 3.74. The highest BCUT2D eigenvalue weighted by atomic mass is 32.2. The van der Waals surface area contributed by atoms with Crippen molar-refractivity contribution in [2.24, 2.45) is 0 Å². The second-order valence-electron chi connectivity index (χ2n) is 5.21. The van der Waals surface area contributed by atoms with E-state index in [9.17, 15) is 10.1 Å². The van der Waals surface area contributed by atoms with Gasteiger partial charge in [0.1, 0.15) is 0 Å². The Labute approximate surface area is 151 Å². The van der Waals surface area contributed by atoms with E-state index in [2.05, 4.69) is 4.90 Å². The van der Waals surface area contributed by atoms with E-state index in [0.717, 1.165) is 55.0 Å². The standard InChI is InChI=1S/C16H24N2O4S2/c19-18(20)16-3-1-15(2-4-16)17-5-11-23-13-9-21-7-8-22-10-14-24-12-6-17/h1-4H,5-14H2. The lowest BCUT2D eigenvalue weighted by Crippen LogP contribution is -2.28. The number of hydrogen-bond acceptors (Lipinski definition) is 7. The normalized spacial score (nSPS) is 19.2. The predicted molar refractivity (Wildman–Crippen MR) is 102 cm³/mol. The molecule has 0 aliphatic carbocycles. The van der Waals surface area contributed by atoms with Gasteiger partial charge in [-0.2, -0.15) is 23.5 Å². The minimum Gasteiger partial charge on any atom is -0.378 e. The highest BCUT2D eigenvalue weighted by Gasteiger charge is 2.10. The van der Waals surface area contributed by atoms with Gasteiger partial charge in [0.2, 0.25) is 0 Å². The number of ether oxygens (including phenoxy) is 2. The maximum absolute atomic E-state index is 10.8. The summed E-state index contributed by atoms with van der Waals surface area (Å²) in [6, 6.07) is 6.83. The lowest BCUT2D eigenvalue weighted by Gasteiger charge is -2.24. The zero-order valence-corrected chi connectivity index (χ0v) is 15.4. The summed E-state index contributed by atoms with van der Waals surface area (Å²) < 4.78 is 11.1. The van der Waals surface area contributed by atoms with Crippen LogP contribution in [-0.4, -0.2) is 67.5 Å². The monoisotopic (exact) mass is 372 g/mol. The van der Waals surface area contributed by atoms with Gasteiger partial charge in [0, 0.05) is 53.9 Å². The van der Waals surface area contributed by atoms with Crippen molar-refractivity contribution >= 4 is 34.9 Å². The molecule has 134 valence electrons. The molecule has 1 aromatic carbocycles. The van der Waals surface area contributed by atoms with Gasteiger partial charge < -0.3 is 14.4 Å². The minimum absolute atomic E-state index is 0.134. The van der Waals surface area contributed by atoms with Gasteiger partial charge in [-0.25, -0.2) is 0 Å². The molecule has 0 spiro atoms. The predicted octanol–water partition coefficient (Wildman–Crippen LogP) is 2.91. The molecule has 0 saturated carbocycles. The average molecular weight is 373 g/mol. The molecule has 24 heavy (non-hydrogen) atoms. The largest absolute Gasteiger partial charge is 0.378 e. The van der Waals surface area contributed by atoms with Crippen LogP contribution in [0.15, 0.2) is 24.3 Å². The zero-order valence-electron chi connectivity index (χ0n) is 13.7. The number of benzene rings is 1. The molecule has 1 saturated heterocycles. The van der Waals surface area contributed by atoms with Crippen molar-refractivity contribution in [1.29, 1.82) is 0 Å². The van der Waals surface area contributed by atoms with Crippen molar-refractivity contribution in [3.63, 3.8) is 0 Å². The van der Waals surface area contributed by atoms with Gasteiger partial charge in [-0.1, -0.05) is 0 Å². The Bertz CT molecular complexity index is 471. The molecule has 1 aliphatic rings. The van der Waals surface area contributed by atoms with Crippen molar-refractivity contribution in [2.75, 3.05) is 67.4 Å². The number of nitrogens with zero attached hydrogens (tertiary/aromatic N) is 2. The van der Waals surface area contributed by atoms with Crippen LogP contribution in [0.25, 0.3) is 0 Å². The molecular formula is C16H24N2O4S2. The topological polar surface area (TPSA) is 64.8 Å². The molecular weight excluding hydrogens is 348 g/mol. The maximum Gasteiger partial charge on any atom is 0.269 e. The maximum atomic E-state index is 10.8. The van der Waals surface area contributed by atoms with E-state index in [1.807, 2.05) is 35.7 Å². The van der Waals surface area contributed by atoms with Gasteiger partial charge in [0.05, 0.1) is 31.4 Å². The summed E-state index contributed by atoms with van der Waals surface area (Å²) in [4.78, 5) is 12.7. The summed E-state index contributed by atoms with van der Waals surface area (Å²) in [7, 11) is 0. The van der Waals surface area contributed by atoms with Gasteiger partial charge in [-0.15, -0.1) is 0 Å². The number of non-ortho nitro benzene ring substituents is 1. The Kier molecular flexibility index (Phi) is 9.34. The van der Waals surface area contributed by atoms with Crippen molar-refractivity contribution in [2.45, 2.75) is 0 Å². The molecule has 1 aromatic rings. The van der Waals surface area contributed by atoms with Gasteiger partial charge in [-0.3, -0.25) is 10.1 Å². The smallest absolute Gasteiger partial charge is 0.269 e. The lowest BCUT2D eigenvalue weighted by atomic mass is 10.2. The highest BCUT2D eigenvalue weighted by molar-refractivity contribution is 7.99. The van der Waals surface area contributed by atoms with Crippen LogP contribution in [0.5, 0.6) is 0 Å². The Morgan fingerprint density at radius 1 is 0.875 bits per heavy atom. The lowest BCUT2D eigenvalue weighted by molar-refractivity contribution is -0.384. The molecule has 0 aromatic heterocycles. The average Bonchev–Trinajstić information content (AvgIpc) is 2.60. The van der Waals surface area contributed by atoms with Crippen LogP contribution in [0.3, 0.4) is 0 Å². The quantitative estimate of drug-likeness (QED) is 0.584. The fraction of sp³-hybridized carbons (Fsp3) is 0.625. The van der Waals surface area contributed by atoms with Crippen molar-refractivity contribution in [3.05, 3.63) is 34.4 Å². The van der Waals surface area contributed by atoms with E-state index in [1.54, 1.807) is 12.1 Å². The Hall–Kier alpha value is -0.960. The first-order valence-electron chi connectivity index (χ1n) is 8.08. The molecule has 1 heterocycles. The summed E-state index contributed by atoms with van der Waals surface area (Å²) in [5, 5.41) is 10.8. The zero-order chi connectivity index (χ0) is 17.0. The Morgan fingerprint density at radius 3 is 1.92 bits per heavy atom. The molecule has 6 nitrogen and oxygen atoms in total. The van der Waals surface area contributed by atoms with Gasteiger partial charge >= 0.3 is 0 Å². The minimum atomic E-state index is -0.360. The van der Waals surface area contributed by atoms with E-state index in [1.165, 1.54) is 0 Å². The third-order valence-corrected chi connectivity index (χ3v) is 5.41. The summed E-state index contributed by atoms with van der Waals surface area (Å²) in [6.07, 6.45) is 0. The number of anilines is 1. The van der Waals surface area contributed by atoms with Crippen LogP contribution in [0, 0.1) is 10.1 Å². The van der Waals surface area contributed by atoms with Crippen LogP contribution in [0.4, 0.5) is 11.4 Å². The van der Waals surface area contributed by atoms with Crippen molar-refractivity contribution in [1.82, 2.24) is 0 Å². The van der Waals surface area contributed by atoms with Crippen LogP contribution < -0.4 is 4.90 Å². The molecule has 0 radical (unpaired) electrons. The van der Waals surface area contributed by atoms with Crippen molar-refractivity contribution < 1.29 is 14.4 Å². The summed E-state index contributed by atoms with van der Waals surface area (Å²) in [5.41, 5.74) is 1.17. The third-order valence-electron chi connectivity index (χ3n) is 3.55. The van der Waals surface area contributed by atoms with E-state index in [0.29, 0.717) is 13.2 Å². The molecule has 1 aliphatic heterocycles. The van der Waals surface area contributed by atoms with Gasteiger partial charge in [0.25, 0.3) is 5.69 Å². The third kappa shape index (κ3) is 7.29. The van der Waals surface area contributed by atoms with Crippen LogP contribution >= 0.6 is 23.5 Å². The molecule has 0 N–H and O–H groups in total. The van der Waals surface area contributed by atoms with Crippen molar-refractivity contribution in [3.8, 4) is 0 Å². The Balaban J connectivity index is 1.91. The second-order valence-corrected chi connectivity index (χ2v) is 7.66. The summed E-state index contributed by atoms with van der Waals surface area (Å²) in [6.45, 7) is 4.69. The SMILES string of the molecule is O=[N+]([O-])c1ccc(N2CCSCCOCCOCCSCC2)cc1. The van der Waals surface area contributed by atoms with Crippen LogP contribution in [-0.2, 0) is 9.47 Å². The Morgan fingerprint density at radius 2 is 1.42 bits per heavy atom. The fourth-order valence-corrected chi connectivity index (χ4v) is 3.85. The number of rotatable bonds is 2. The molecule has 0 amide bonds. The first kappa shape index (κ1) is 19.4. The number of nitro benzene ring substituents is 1. The molecule has 1 fully saturated rings. The molecule has 0 atom stereocenters. The highest BCUT2D eigenvalue weighted by Crippen LogP contribution is 2.20. The molecule has 0 unspecified atom stereocenters. The number of thioether (sulfide) groups is 2. The second kappa shape index (κ2) is 11.6. The van der Waals surface area contributed by atoms with E-state index in [4.69, 9.17) is 9.47 Å². The number of hydrogen-bond donors (Lipinski definition) is 0. The van der Waals surface area contributed by atoms with Crippen LogP contribution in [0.1, 0.15) is 0 Å². The fourth-order valence-electron chi connectivity index (χ4n) is 2.27. The van der Waals surface area contributed by atoms with E-state index in [-0.39, 0.29) is 10.6 Å².